The number of carboxylic acids is 1. The van der Waals surface area contributed by atoms with Crippen LogP contribution < -0.4 is 4.74 Å². The Kier molecular flexibility index (Phi) is 4.15. The summed E-state index contributed by atoms with van der Waals surface area (Å²) in [6.45, 7) is 3.57. The fraction of sp³-hybridized carbons (Fsp3) is 0.308. The van der Waals surface area contributed by atoms with Gasteiger partial charge in [0.1, 0.15) is 12.9 Å². The molecule has 0 saturated carbocycles. The van der Waals surface area contributed by atoms with Gasteiger partial charge in [-0.2, -0.15) is 5.10 Å². The number of ether oxygens (including phenoxy) is 1. The lowest BCUT2D eigenvalue weighted by Crippen LogP contribution is -2.12. The van der Waals surface area contributed by atoms with Crippen LogP contribution in [0.1, 0.15) is 36.1 Å². The molecule has 8 heteroatoms. The van der Waals surface area contributed by atoms with E-state index in [0.29, 0.717) is 18.0 Å². The molecule has 0 atom stereocenters. The highest BCUT2D eigenvalue weighted by atomic mass is 19.1. The minimum Gasteiger partial charge on any atom is -0.479 e. The van der Waals surface area contributed by atoms with Crippen molar-refractivity contribution >= 4 is 5.97 Å². The molecule has 0 amide bonds. The number of rotatable bonds is 5. The molecule has 21 heavy (non-hydrogen) atoms. The molecule has 1 aromatic carbocycles. The number of benzene rings is 1. The van der Waals surface area contributed by atoms with Crippen LogP contribution in [-0.4, -0.2) is 25.8 Å². The van der Waals surface area contributed by atoms with Gasteiger partial charge in [-0.15, -0.1) is 0 Å². The van der Waals surface area contributed by atoms with Gasteiger partial charge in [0.15, 0.2) is 23.2 Å². The van der Waals surface area contributed by atoms with Crippen LogP contribution in [0.2, 0.25) is 0 Å². The third-order valence-corrected chi connectivity index (χ3v) is 2.73. The maximum Gasteiger partial charge on any atom is 0.335 e. The molecule has 6 nitrogen and oxygen atoms in total. The average molecular weight is 297 g/mol. The normalized spacial score (nSPS) is 10.9. The van der Waals surface area contributed by atoms with E-state index in [2.05, 4.69) is 10.1 Å². The van der Waals surface area contributed by atoms with Crippen molar-refractivity contribution in [2.75, 3.05) is 0 Å². The lowest BCUT2D eigenvalue weighted by Gasteiger charge is -2.11. The van der Waals surface area contributed by atoms with Gasteiger partial charge >= 0.3 is 5.97 Å². The third kappa shape index (κ3) is 3.15. The summed E-state index contributed by atoms with van der Waals surface area (Å²) < 4.78 is 34.0. The molecule has 0 spiro atoms. The summed E-state index contributed by atoms with van der Waals surface area (Å²) >= 11 is 0. The fourth-order valence-electron chi connectivity index (χ4n) is 1.77. The number of aromatic nitrogens is 3. The second-order valence-electron chi connectivity index (χ2n) is 4.58. The van der Waals surface area contributed by atoms with E-state index in [-0.39, 0.29) is 12.6 Å². The van der Waals surface area contributed by atoms with Gasteiger partial charge in [0.25, 0.3) is 0 Å². The minimum atomic E-state index is -1.42. The van der Waals surface area contributed by atoms with Crippen LogP contribution in [0.15, 0.2) is 18.5 Å². The highest BCUT2D eigenvalue weighted by Crippen LogP contribution is 2.24. The first-order valence-electron chi connectivity index (χ1n) is 6.13. The van der Waals surface area contributed by atoms with E-state index in [1.165, 1.54) is 6.33 Å². The van der Waals surface area contributed by atoms with Crippen molar-refractivity contribution in [3.63, 3.8) is 0 Å². The Labute approximate surface area is 119 Å². The SMILES string of the molecule is CC(C)n1ncnc1COc1c(F)cc(C(=O)O)cc1F. The maximum atomic E-state index is 13.7. The highest BCUT2D eigenvalue weighted by molar-refractivity contribution is 5.87. The average Bonchev–Trinajstić information content (AvgIpc) is 2.86. The zero-order chi connectivity index (χ0) is 15.6. The number of nitrogens with zero attached hydrogens (tertiary/aromatic N) is 3. The summed E-state index contributed by atoms with van der Waals surface area (Å²) in [6, 6.07) is 1.43. The van der Waals surface area contributed by atoms with E-state index in [1.807, 2.05) is 13.8 Å². The molecular weight excluding hydrogens is 284 g/mol. The predicted octanol–water partition coefficient (Wildman–Crippen LogP) is 2.41. The van der Waals surface area contributed by atoms with Gasteiger partial charge in [-0.3, -0.25) is 0 Å². The molecule has 1 N–H and O–H groups in total. The first kappa shape index (κ1) is 14.9. The lowest BCUT2D eigenvalue weighted by molar-refractivity contribution is 0.0695. The first-order valence-corrected chi connectivity index (χ1v) is 6.13. The second kappa shape index (κ2) is 5.86. The molecule has 2 rings (SSSR count). The summed E-state index contributed by atoms with van der Waals surface area (Å²) in [5, 5.41) is 12.7. The number of carbonyl (C=O) groups is 1. The predicted molar refractivity (Wildman–Crippen MR) is 68.1 cm³/mol. The maximum absolute atomic E-state index is 13.7. The number of aromatic carboxylic acids is 1. The Bertz CT molecular complexity index is 647. The Morgan fingerprint density at radius 1 is 1.38 bits per heavy atom. The number of carboxylic acid groups (broad SMARTS) is 1. The molecular formula is C13H13F2N3O3. The van der Waals surface area contributed by atoms with E-state index >= 15 is 0 Å². The van der Waals surface area contributed by atoms with E-state index in [1.54, 1.807) is 4.68 Å². The highest BCUT2D eigenvalue weighted by Gasteiger charge is 2.17. The zero-order valence-electron chi connectivity index (χ0n) is 11.4. The molecule has 0 aliphatic carbocycles. The molecule has 0 aliphatic rings. The van der Waals surface area contributed by atoms with Crippen LogP contribution in [0.4, 0.5) is 8.78 Å². The summed E-state index contributed by atoms with van der Waals surface area (Å²) in [5.74, 6) is -3.81. The summed E-state index contributed by atoms with van der Waals surface area (Å²) in [5.41, 5.74) is -0.484. The van der Waals surface area contributed by atoms with Gasteiger partial charge in [-0.05, 0) is 26.0 Å². The van der Waals surface area contributed by atoms with Crippen LogP contribution in [0.25, 0.3) is 0 Å². The first-order chi connectivity index (χ1) is 9.90. The quantitative estimate of drug-likeness (QED) is 0.917. The Morgan fingerprint density at radius 2 is 2.00 bits per heavy atom. The van der Waals surface area contributed by atoms with Crippen molar-refractivity contribution < 1.29 is 23.4 Å². The summed E-state index contributed by atoms with van der Waals surface area (Å²) in [6.07, 6.45) is 1.32. The van der Waals surface area contributed by atoms with Crippen molar-refractivity contribution in [2.24, 2.45) is 0 Å². The second-order valence-corrected chi connectivity index (χ2v) is 4.58. The number of halogens is 2. The molecule has 112 valence electrons. The van der Waals surface area contributed by atoms with Gasteiger partial charge in [0.2, 0.25) is 0 Å². The monoisotopic (exact) mass is 297 g/mol. The standard InChI is InChI=1S/C13H13F2N3O3/c1-7(2)18-11(16-6-17-18)5-21-12-9(14)3-8(13(19)20)4-10(12)15/h3-4,6-7H,5H2,1-2H3,(H,19,20). The molecule has 1 heterocycles. The Hall–Kier alpha value is -2.51. The Morgan fingerprint density at radius 3 is 2.52 bits per heavy atom. The molecule has 0 fully saturated rings. The van der Waals surface area contributed by atoms with Crippen molar-refractivity contribution in [2.45, 2.75) is 26.5 Å². The van der Waals surface area contributed by atoms with Crippen LogP contribution in [0.5, 0.6) is 5.75 Å². The van der Waals surface area contributed by atoms with Gasteiger partial charge < -0.3 is 9.84 Å². The van der Waals surface area contributed by atoms with Gasteiger partial charge in [-0.1, -0.05) is 0 Å². The summed E-state index contributed by atoms with van der Waals surface area (Å²) in [4.78, 5) is 14.6. The summed E-state index contributed by atoms with van der Waals surface area (Å²) in [7, 11) is 0. The molecule has 0 unspecified atom stereocenters. The van der Waals surface area contributed by atoms with Gasteiger partial charge in [0, 0.05) is 6.04 Å². The zero-order valence-corrected chi connectivity index (χ0v) is 11.4. The van der Waals surface area contributed by atoms with E-state index in [4.69, 9.17) is 9.84 Å². The molecule has 2 aromatic rings. The van der Waals surface area contributed by atoms with Gasteiger partial charge in [0.05, 0.1) is 5.56 Å². The molecule has 0 saturated heterocycles. The largest absolute Gasteiger partial charge is 0.479 e. The van der Waals surface area contributed by atoms with E-state index in [0.717, 1.165) is 0 Å². The lowest BCUT2D eigenvalue weighted by atomic mass is 10.2. The minimum absolute atomic E-state index is 0.0233. The van der Waals surface area contributed by atoms with Crippen molar-refractivity contribution in [3.8, 4) is 5.75 Å². The van der Waals surface area contributed by atoms with Gasteiger partial charge in [-0.25, -0.2) is 23.2 Å². The molecule has 1 aromatic heterocycles. The van der Waals surface area contributed by atoms with E-state index in [9.17, 15) is 13.6 Å². The fourth-order valence-corrected chi connectivity index (χ4v) is 1.77. The smallest absolute Gasteiger partial charge is 0.335 e. The number of hydrogen-bond donors (Lipinski definition) is 1. The molecule has 0 bridgehead atoms. The van der Waals surface area contributed by atoms with Crippen molar-refractivity contribution in [3.05, 3.63) is 41.5 Å². The van der Waals surface area contributed by atoms with Crippen LogP contribution in [0.3, 0.4) is 0 Å². The third-order valence-electron chi connectivity index (χ3n) is 2.73. The Balaban J connectivity index is 2.20. The topological polar surface area (TPSA) is 77.2 Å². The van der Waals surface area contributed by atoms with Crippen LogP contribution in [-0.2, 0) is 6.61 Å². The van der Waals surface area contributed by atoms with Crippen molar-refractivity contribution in [1.29, 1.82) is 0 Å². The van der Waals surface area contributed by atoms with Crippen LogP contribution >= 0.6 is 0 Å². The van der Waals surface area contributed by atoms with Crippen molar-refractivity contribution in [1.82, 2.24) is 14.8 Å². The number of hydrogen-bond acceptors (Lipinski definition) is 4. The molecule has 0 aliphatic heterocycles. The van der Waals surface area contributed by atoms with Crippen LogP contribution in [0, 0.1) is 11.6 Å². The molecule has 0 radical (unpaired) electrons. The van der Waals surface area contributed by atoms with E-state index < -0.39 is 28.9 Å².